The van der Waals surface area contributed by atoms with E-state index in [0.29, 0.717) is 37.3 Å². The SMILES string of the molecule is O=C(NCCNC(=O)C1CCCC1)c1cccc(N2CCCS2(=O)=O)c1. The van der Waals surface area contributed by atoms with Crippen molar-refractivity contribution in [3.05, 3.63) is 29.8 Å². The summed E-state index contributed by atoms with van der Waals surface area (Å²) in [7, 11) is -3.27. The molecule has 2 aliphatic rings. The Morgan fingerprint density at radius 3 is 2.50 bits per heavy atom. The van der Waals surface area contributed by atoms with Crippen molar-refractivity contribution in [2.45, 2.75) is 32.1 Å². The fourth-order valence-electron chi connectivity index (χ4n) is 3.53. The highest BCUT2D eigenvalue weighted by molar-refractivity contribution is 7.93. The summed E-state index contributed by atoms with van der Waals surface area (Å²) in [4.78, 5) is 24.2. The number of sulfonamides is 1. The van der Waals surface area contributed by atoms with E-state index in [0.717, 1.165) is 25.7 Å². The first-order valence-electron chi connectivity index (χ1n) is 9.14. The van der Waals surface area contributed by atoms with Crippen LogP contribution in [0.25, 0.3) is 0 Å². The summed E-state index contributed by atoms with van der Waals surface area (Å²) in [6.45, 7) is 1.17. The summed E-state index contributed by atoms with van der Waals surface area (Å²) in [5.41, 5.74) is 0.927. The van der Waals surface area contributed by atoms with Gasteiger partial charge in [0.05, 0.1) is 11.4 Å². The lowest BCUT2D eigenvalue weighted by Crippen LogP contribution is -2.37. The van der Waals surface area contributed by atoms with E-state index < -0.39 is 10.0 Å². The third-order valence-electron chi connectivity index (χ3n) is 4.93. The fraction of sp³-hybridized carbons (Fsp3) is 0.556. The lowest BCUT2D eigenvalue weighted by atomic mass is 10.1. The van der Waals surface area contributed by atoms with E-state index in [4.69, 9.17) is 0 Å². The topological polar surface area (TPSA) is 95.6 Å². The van der Waals surface area contributed by atoms with Crippen LogP contribution in [-0.2, 0) is 14.8 Å². The van der Waals surface area contributed by atoms with Gasteiger partial charge in [0, 0.05) is 31.1 Å². The normalized spacial score (nSPS) is 19.5. The summed E-state index contributed by atoms with van der Waals surface area (Å²) in [5, 5.41) is 5.62. The van der Waals surface area contributed by atoms with Crippen LogP contribution in [0.1, 0.15) is 42.5 Å². The maximum Gasteiger partial charge on any atom is 0.251 e. The first kappa shape index (κ1) is 18.7. The molecule has 0 bridgehead atoms. The van der Waals surface area contributed by atoms with Gasteiger partial charge in [-0.3, -0.25) is 13.9 Å². The average Bonchev–Trinajstić information content (AvgIpc) is 3.27. The predicted octanol–water partition coefficient (Wildman–Crippen LogP) is 1.26. The van der Waals surface area contributed by atoms with Gasteiger partial charge in [0.15, 0.2) is 0 Å². The maximum absolute atomic E-state index is 12.3. The van der Waals surface area contributed by atoms with Gasteiger partial charge < -0.3 is 10.6 Å². The highest BCUT2D eigenvalue weighted by Crippen LogP contribution is 2.25. The molecule has 1 heterocycles. The van der Waals surface area contributed by atoms with Gasteiger partial charge >= 0.3 is 0 Å². The standard InChI is InChI=1S/C18H25N3O4S/c22-17(14-5-1-2-6-14)19-9-10-20-18(23)15-7-3-8-16(13-15)21-11-4-12-26(21,24)25/h3,7-8,13-14H,1-2,4-6,9-12H2,(H,19,22)(H,20,23). The minimum Gasteiger partial charge on any atom is -0.354 e. The lowest BCUT2D eigenvalue weighted by molar-refractivity contribution is -0.124. The number of nitrogens with one attached hydrogen (secondary N) is 2. The quantitative estimate of drug-likeness (QED) is 0.728. The number of anilines is 1. The Balaban J connectivity index is 1.50. The number of amides is 2. The Hall–Kier alpha value is -2.09. The molecule has 0 aromatic heterocycles. The minimum absolute atomic E-state index is 0.0676. The number of hydrogen-bond donors (Lipinski definition) is 2. The van der Waals surface area contributed by atoms with E-state index in [9.17, 15) is 18.0 Å². The lowest BCUT2D eigenvalue weighted by Gasteiger charge is -2.17. The summed E-state index contributed by atoms with van der Waals surface area (Å²) in [6, 6.07) is 6.62. The van der Waals surface area contributed by atoms with Crippen molar-refractivity contribution in [1.29, 1.82) is 0 Å². The van der Waals surface area contributed by atoms with E-state index in [1.807, 2.05) is 0 Å². The van der Waals surface area contributed by atoms with E-state index in [1.54, 1.807) is 24.3 Å². The molecule has 0 spiro atoms. The van der Waals surface area contributed by atoms with Crippen LogP contribution in [-0.4, -0.2) is 45.6 Å². The van der Waals surface area contributed by atoms with Crippen LogP contribution in [0, 0.1) is 5.92 Å². The molecule has 3 rings (SSSR count). The second-order valence-corrected chi connectivity index (χ2v) is 8.83. The van der Waals surface area contributed by atoms with Gasteiger partial charge in [0.25, 0.3) is 5.91 Å². The zero-order valence-corrected chi connectivity index (χ0v) is 15.6. The first-order valence-corrected chi connectivity index (χ1v) is 10.7. The third-order valence-corrected chi connectivity index (χ3v) is 6.80. The second kappa shape index (κ2) is 8.07. The largest absolute Gasteiger partial charge is 0.354 e. The van der Waals surface area contributed by atoms with Crippen molar-refractivity contribution in [3.63, 3.8) is 0 Å². The van der Waals surface area contributed by atoms with Crippen molar-refractivity contribution in [2.24, 2.45) is 5.92 Å². The molecule has 2 amide bonds. The third kappa shape index (κ3) is 4.35. The van der Waals surface area contributed by atoms with Crippen LogP contribution >= 0.6 is 0 Å². The molecule has 1 aromatic rings. The zero-order chi connectivity index (χ0) is 18.6. The van der Waals surface area contributed by atoms with Crippen LogP contribution in [0.15, 0.2) is 24.3 Å². The molecule has 0 radical (unpaired) electrons. The molecule has 7 nitrogen and oxygen atoms in total. The Labute approximate surface area is 154 Å². The fourth-order valence-corrected chi connectivity index (χ4v) is 5.08. The summed E-state index contributed by atoms with van der Waals surface area (Å²) >= 11 is 0. The van der Waals surface area contributed by atoms with Gasteiger partial charge in [-0.1, -0.05) is 18.9 Å². The molecule has 0 unspecified atom stereocenters. The Morgan fingerprint density at radius 1 is 1.08 bits per heavy atom. The highest BCUT2D eigenvalue weighted by atomic mass is 32.2. The molecule has 142 valence electrons. The monoisotopic (exact) mass is 379 g/mol. The molecule has 2 fully saturated rings. The minimum atomic E-state index is -3.27. The molecule has 1 aliphatic carbocycles. The number of carbonyl (C=O) groups is 2. The number of hydrogen-bond acceptors (Lipinski definition) is 4. The van der Waals surface area contributed by atoms with Crippen LogP contribution in [0.5, 0.6) is 0 Å². The van der Waals surface area contributed by atoms with Gasteiger partial charge in [-0.25, -0.2) is 8.42 Å². The summed E-state index contributed by atoms with van der Waals surface area (Å²) in [5.74, 6) is 0.0470. The molecule has 26 heavy (non-hydrogen) atoms. The number of carbonyl (C=O) groups excluding carboxylic acids is 2. The second-order valence-electron chi connectivity index (χ2n) is 6.82. The number of benzene rings is 1. The summed E-state index contributed by atoms with van der Waals surface area (Å²) < 4.78 is 25.4. The van der Waals surface area contributed by atoms with Crippen LogP contribution in [0.4, 0.5) is 5.69 Å². The average molecular weight is 379 g/mol. The van der Waals surface area contributed by atoms with Gasteiger partial charge in [-0.15, -0.1) is 0 Å². The zero-order valence-electron chi connectivity index (χ0n) is 14.7. The smallest absolute Gasteiger partial charge is 0.251 e. The van der Waals surface area contributed by atoms with E-state index in [1.165, 1.54) is 4.31 Å². The van der Waals surface area contributed by atoms with E-state index in [-0.39, 0.29) is 23.5 Å². The molecule has 0 atom stereocenters. The molecule has 8 heteroatoms. The van der Waals surface area contributed by atoms with Crippen LogP contribution in [0.3, 0.4) is 0 Å². The Bertz CT molecular complexity index is 772. The predicted molar refractivity (Wildman–Crippen MR) is 99.5 cm³/mol. The van der Waals surface area contributed by atoms with Crippen LogP contribution in [0.2, 0.25) is 0 Å². The maximum atomic E-state index is 12.3. The molecular weight excluding hydrogens is 354 g/mol. The van der Waals surface area contributed by atoms with Crippen molar-refractivity contribution >= 4 is 27.5 Å². The Morgan fingerprint density at radius 2 is 1.81 bits per heavy atom. The van der Waals surface area contributed by atoms with Gasteiger partial charge in [-0.05, 0) is 37.5 Å². The number of nitrogens with zero attached hydrogens (tertiary/aromatic N) is 1. The van der Waals surface area contributed by atoms with Crippen molar-refractivity contribution in [1.82, 2.24) is 10.6 Å². The molecule has 1 saturated heterocycles. The molecule has 1 aromatic carbocycles. The van der Waals surface area contributed by atoms with Crippen LogP contribution < -0.4 is 14.9 Å². The van der Waals surface area contributed by atoms with Gasteiger partial charge in [-0.2, -0.15) is 0 Å². The van der Waals surface area contributed by atoms with Crippen molar-refractivity contribution in [3.8, 4) is 0 Å². The van der Waals surface area contributed by atoms with Gasteiger partial charge in [0.2, 0.25) is 15.9 Å². The number of rotatable bonds is 6. The van der Waals surface area contributed by atoms with Crippen molar-refractivity contribution in [2.75, 3.05) is 29.7 Å². The first-order chi connectivity index (χ1) is 12.5. The molecular formula is C18H25N3O4S. The van der Waals surface area contributed by atoms with E-state index >= 15 is 0 Å². The van der Waals surface area contributed by atoms with Crippen molar-refractivity contribution < 1.29 is 18.0 Å². The van der Waals surface area contributed by atoms with E-state index in [2.05, 4.69) is 10.6 Å². The highest BCUT2D eigenvalue weighted by Gasteiger charge is 2.28. The molecule has 1 aliphatic heterocycles. The Kier molecular flexibility index (Phi) is 5.80. The summed E-state index contributed by atoms with van der Waals surface area (Å²) in [6.07, 6.45) is 4.71. The molecule has 2 N–H and O–H groups in total. The molecule has 1 saturated carbocycles. The van der Waals surface area contributed by atoms with Gasteiger partial charge in [0.1, 0.15) is 0 Å².